The lowest BCUT2D eigenvalue weighted by molar-refractivity contribution is -0.143. The van der Waals surface area contributed by atoms with Crippen LogP contribution < -0.4 is 96.5 Å². The van der Waals surface area contributed by atoms with Crippen molar-refractivity contribution in [3.8, 4) is 5.75 Å². The van der Waals surface area contributed by atoms with Crippen molar-refractivity contribution >= 4 is 160 Å². The van der Waals surface area contributed by atoms with E-state index in [0.717, 1.165) is 4.90 Å². The summed E-state index contributed by atoms with van der Waals surface area (Å²) in [6, 6.07) is -16.9. The van der Waals surface area contributed by atoms with Gasteiger partial charge in [0.25, 0.3) is 0 Å². The highest BCUT2D eigenvalue weighted by Gasteiger charge is 2.42. The van der Waals surface area contributed by atoms with Gasteiger partial charge >= 0.3 is 5.97 Å². The number of benzene rings is 1. The van der Waals surface area contributed by atoms with Gasteiger partial charge in [-0.15, -0.1) is 0 Å². The number of aromatic nitrogens is 2. The molecule has 1 aromatic heterocycles. The van der Waals surface area contributed by atoms with Crippen molar-refractivity contribution in [2.75, 3.05) is 87.8 Å². The number of aromatic amines is 1. The largest absolute Gasteiger partial charge is 0.508 e. The number of amides is 18. The fourth-order valence-electron chi connectivity index (χ4n) is 12.1. The van der Waals surface area contributed by atoms with E-state index in [1.807, 2.05) is 0 Å². The number of carbonyl (C=O) groups is 19. The Morgan fingerprint density at radius 2 is 0.937 bits per heavy atom. The van der Waals surface area contributed by atoms with Crippen LogP contribution in [0.3, 0.4) is 0 Å². The second-order valence-corrected chi connectivity index (χ2v) is 33.4. The Labute approximate surface area is 745 Å². The van der Waals surface area contributed by atoms with Crippen LogP contribution in [0.2, 0.25) is 0 Å². The predicted octanol–water partition coefficient (Wildman–Crippen LogP) is -9.51. The van der Waals surface area contributed by atoms with Crippen molar-refractivity contribution in [2.24, 2.45) is 23.3 Å². The minimum Gasteiger partial charge on any atom is -0.508 e. The first-order chi connectivity index (χ1) is 59.6. The molecule has 46 nitrogen and oxygen atoms in total. The third-order valence-electron chi connectivity index (χ3n) is 19.2. The number of primary amides is 1. The van der Waals surface area contributed by atoms with Gasteiger partial charge in [0.1, 0.15) is 96.4 Å². The number of nitrogens with one attached hydrogen (secondary N) is 17. The molecule has 1 aliphatic rings. The van der Waals surface area contributed by atoms with Crippen LogP contribution in [0.5, 0.6) is 5.75 Å². The number of aliphatic hydroxyl groups is 4. The van der Waals surface area contributed by atoms with Gasteiger partial charge in [-0.3, -0.25) is 86.3 Å². The lowest BCUT2D eigenvalue weighted by Crippen LogP contribution is -2.62. The van der Waals surface area contributed by atoms with Crippen LogP contribution in [0.15, 0.2) is 36.8 Å². The molecule has 18 amide bonds. The number of aliphatic hydroxyl groups excluding tert-OH is 4. The molecule has 2 aromatic rings. The van der Waals surface area contributed by atoms with E-state index in [0.29, 0.717) is 11.3 Å². The maximum Gasteiger partial charge on any atom is 0.326 e. The molecule has 1 aliphatic heterocycles. The van der Waals surface area contributed by atoms with Crippen LogP contribution in [-0.2, 0) is 104 Å². The average Bonchev–Trinajstić information content (AvgIpc) is 1.60. The first-order valence-corrected chi connectivity index (χ1v) is 45.0. The van der Waals surface area contributed by atoms with E-state index >= 15 is 0 Å². The number of imidazole rings is 1. The van der Waals surface area contributed by atoms with E-state index in [1.165, 1.54) is 85.9 Å². The molecule has 704 valence electrons. The Morgan fingerprint density at radius 1 is 0.508 bits per heavy atom. The van der Waals surface area contributed by atoms with Crippen LogP contribution in [0, 0.1) is 11.8 Å². The first-order valence-electron chi connectivity index (χ1n) is 40.2. The number of phenolic OH excluding ortho intramolecular Hbond substituents is 1. The number of H-pyrrole nitrogens is 1. The molecule has 1 saturated heterocycles. The Bertz CT molecular complexity index is 4010. The van der Waals surface area contributed by atoms with E-state index in [9.17, 15) is 122 Å². The van der Waals surface area contributed by atoms with Gasteiger partial charge in [-0.25, -0.2) is 9.78 Å². The number of carbonyl (C=O) groups excluding carboxylic acids is 18. The number of thioether (sulfide) groups is 3. The number of hydrogen-bond acceptors (Lipinski definition) is 30. The van der Waals surface area contributed by atoms with Gasteiger partial charge in [0, 0.05) is 43.5 Å². The minimum atomic E-state index is -1.81. The third kappa shape index (κ3) is 38.7. The van der Waals surface area contributed by atoms with Crippen molar-refractivity contribution in [1.29, 1.82) is 0 Å². The molecule has 1 aromatic carbocycles. The summed E-state index contributed by atoms with van der Waals surface area (Å²) >= 11 is 8.04. The molecule has 0 aliphatic carbocycles. The number of nitrogens with zero attached hydrogens (tertiary/aromatic N) is 2. The summed E-state index contributed by atoms with van der Waals surface area (Å²) in [5, 5.41) is 98.9. The fourth-order valence-corrected chi connectivity index (χ4v) is 13.8. The van der Waals surface area contributed by atoms with Crippen LogP contribution in [0.4, 0.5) is 0 Å². The highest BCUT2D eigenvalue weighted by atomic mass is 32.2. The summed E-state index contributed by atoms with van der Waals surface area (Å²) in [5.41, 5.74) is 11.7. The normalized spacial score (nSPS) is 15.9. The first kappa shape index (κ1) is 110. The molecule has 2 heterocycles. The molecule has 126 heavy (non-hydrogen) atoms. The van der Waals surface area contributed by atoms with Crippen LogP contribution >= 0.6 is 47.9 Å². The molecular weight excluding hydrogens is 1740 g/mol. The van der Waals surface area contributed by atoms with Crippen molar-refractivity contribution in [1.82, 2.24) is 99.9 Å². The third-order valence-corrected chi connectivity index (χ3v) is 21.5. The summed E-state index contributed by atoms with van der Waals surface area (Å²) in [7, 11) is 0. The molecule has 0 unspecified atom stereocenters. The van der Waals surface area contributed by atoms with Gasteiger partial charge < -0.3 is 137 Å². The number of carboxylic acids is 1. The Morgan fingerprint density at radius 3 is 1.42 bits per heavy atom. The second-order valence-electron chi connectivity index (χ2n) is 30.1. The summed E-state index contributed by atoms with van der Waals surface area (Å²) in [5.74, 6) is -19.2. The van der Waals surface area contributed by atoms with E-state index in [-0.39, 0.29) is 92.5 Å². The lowest BCUT2D eigenvalue weighted by Gasteiger charge is -2.30. The summed E-state index contributed by atoms with van der Waals surface area (Å²) in [4.78, 5) is 264. The SMILES string of the molecule is CSCC[C@H](NC(=O)CNC(=O)[C@@H](N)[C@@H](C)O)C(=O)N[C@@H](CO)C(=O)NCC(=O)N[C@@H](C)C(=O)N[C@@H](CCSC)C(=O)N[C@H](C(=O)N[C@@H](CCSC)C(=O)N[C@@H](CO)C(=O)N[C@@H](CC(C)C)C(=O)N[C@@H](Cc1cnc[nH]1)C(=O)N[C@@H](CO)C(=O)N1CCC[C@H]1C(=O)N[C@@H](CCC(N)=O)C(=O)N[C@@H](CS)C(=O)NCC(=O)N[C@@H](Cc1ccc(O)cc1)C(=O)O)C(C)C. The van der Waals surface area contributed by atoms with Gasteiger partial charge in [0.05, 0.1) is 51.9 Å². The van der Waals surface area contributed by atoms with Crippen molar-refractivity contribution in [3.63, 3.8) is 0 Å². The van der Waals surface area contributed by atoms with E-state index < -0.39 is 267 Å². The Kier molecular flexibility index (Phi) is 49.7. The molecule has 0 spiro atoms. The van der Waals surface area contributed by atoms with E-state index in [2.05, 4.69) is 108 Å². The number of carboxylic acid groups (broad SMARTS) is 1. The quantitative estimate of drug-likeness (QED) is 0.0274. The number of thiol groups is 1. The number of hydrogen-bond donors (Lipinski definition) is 26. The number of phenols is 1. The van der Waals surface area contributed by atoms with Crippen LogP contribution in [-0.4, -0.2) is 342 Å². The van der Waals surface area contributed by atoms with Crippen LogP contribution in [0.25, 0.3) is 0 Å². The van der Waals surface area contributed by atoms with Gasteiger partial charge in [0.2, 0.25) is 106 Å². The van der Waals surface area contributed by atoms with Crippen molar-refractivity contribution in [3.05, 3.63) is 48.0 Å². The van der Waals surface area contributed by atoms with E-state index in [1.54, 1.807) is 46.5 Å². The van der Waals surface area contributed by atoms with Gasteiger partial charge in [-0.2, -0.15) is 47.9 Å². The molecule has 1 fully saturated rings. The Balaban J connectivity index is 1.73. The zero-order valence-electron chi connectivity index (χ0n) is 71.4. The maximum atomic E-state index is 14.5. The molecular formula is C76H121N21O25S4. The zero-order chi connectivity index (χ0) is 94.6. The van der Waals surface area contributed by atoms with Gasteiger partial charge in [0.15, 0.2) is 0 Å². The zero-order valence-corrected chi connectivity index (χ0v) is 74.7. The van der Waals surface area contributed by atoms with Crippen molar-refractivity contribution < 1.29 is 122 Å². The number of nitrogens with two attached hydrogens (primary N) is 2. The van der Waals surface area contributed by atoms with Gasteiger partial charge in [-0.1, -0.05) is 39.8 Å². The summed E-state index contributed by atoms with van der Waals surface area (Å²) in [6.07, 6.45) is 5.02. The smallest absolute Gasteiger partial charge is 0.326 e. The molecule has 3 rings (SSSR count). The standard InChI is InChI=1S/C76H121N21O25S4/c1-37(2)25-48(69(114)91-49(27-42-28-79-36-83-42)70(115)94-53(34-100)75(120)97-21-10-11-55(97)72(117)88-44(16-17-56(77)103)65(110)95-54(35-123)64(109)81-30-59(106)86-50(76(121)122)26-41-12-14-43(102)15-13-41)90-71(116)52(33-99)93-67(112)46(19-23-125-8)89-74(119)61(38(3)4)96-68(113)47(20-24-126-9)87-62(107)39(5)84-57(104)29-80-63(108)51(32-98)92-66(111)45(18-22-124-7)85-58(105)31-82-73(118)60(78)40(6)101/h12-15,28,36-40,44-55,60-61,98-102,123H,10-11,16-27,29-35,78H2,1-9H3,(H2,77,103)(H,79,83)(H,80,108)(H,81,109)(H,82,118)(H,84,104)(H,85,105)(H,86,106)(H,87,107)(H,88,117)(H,89,119)(H,90,116)(H,91,114)(H,92,111)(H,93,112)(H,94,115)(H,95,110)(H,96,113)(H,121,122)/t39-,40+,44-,45-,46-,47-,48-,49-,50-,51-,52-,53-,54-,55-,60-,61-/m0/s1. The monoisotopic (exact) mass is 1860 g/mol. The summed E-state index contributed by atoms with van der Waals surface area (Å²) in [6.45, 7) is 3.64. The minimum absolute atomic E-state index is 0.00842. The highest BCUT2D eigenvalue weighted by Crippen LogP contribution is 2.21. The number of rotatable bonds is 58. The lowest BCUT2D eigenvalue weighted by atomic mass is 10.0. The number of likely N-dealkylation sites (tertiary alicyclic amines) is 1. The highest BCUT2D eigenvalue weighted by molar-refractivity contribution is 7.99. The van der Waals surface area contributed by atoms with Crippen molar-refractivity contribution in [2.45, 2.75) is 202 Å². The molecule has 0 saturated carbocycles. The predicted molar refractivity (Wildman–Crippen MR) is 463 cm³/mol. The second kappa shape index (κ2) is 57.1. The summed E-state index contributed by atoms with van der Waals surface area (Å²) < 4.78 is 0. The fraction of sp³-hybridized carbons (Fsp3) is 0.632. The molecule has 16 atom stereocenters. The molecule has 50 heteroatoms. The average molecular weight is 1860 g/mol. The topological polar surface area (TPSA) is 722 Å². The number of aliphatic carboxylic acids is 1. The molecule has 0 radical (unpaired) electrons. The molecule has 27 N–H and O–H groups in total. The van der Waals surface area contributed by atoms with E-state index in [4.69, 9.17) is 11.5 Å². The van der Waals surface area contributed by atoms with Crippen LogP contribution in [0.1, 0.15) is 104 Å². The Hall–Kier alpha value is -10.6. The molecule has 0 bridgehead atoms. The number of aromatic hydroxyl groups is 1. The maximum absolute atomic E-state index is 14.5. The van der Waals surface area contributed by atoms with Gasteiger partial charge in [-0.05, 0) is 124 Å².